The lowest BCUT2D eigenvalue weighted by Gasteiger charge is -2.16. The van der Waals surface area contributed by atoms with E-state index in [1.165, 1.54) is 0 Å². The van der Waals surface area contributed by atoms with Gasteiger partial charge in [0.15, 0.2) is 0 Å². The van der Waals surface area contributed by atoms with Gasteiger partial charge in [0, 0.05) is 11.6 Å². The number of halogens is 1. The summed E-state index contributed by atoms with van der Waals surface area (Å²) in [6.45, 7) is 3.55. The molecule has 1 aliphatic carbocycles. The first-order valence-corrected chi connectivity index (χ1v) is 6.94. The third-order valence-electron chi connectivity index (χ3n) is 3.40. The topological polar surface area (TPSA) is 84.2 Å². The summed E-state index contributed by atoms with van der Waals surface area (Å²) in [5, 5.41) is 5.72. The molecule has 2 rings (SSSR count). The number of amides is 2. The summed E-state index contributed by atoms with van der Waals surface area (Å²) < 4.78 is 0. The number of carbonyl (C=O) groups is 2. The van der Waals surface area contributed by atoms with Gasteiger partial charge < -0.3 is 16.4 Å². The Hall–Kier alpha value is -1.59. The van der Waals surface area contributed by atoms with Crippen molar-refractivity contribution in [1.29, 1.82) is 0 Å². The predicted octanol–water partition coefficient (Wildman–Crippen LogP) is 1.98. The van der Waals surface area contributed by atoms with Crippen LogP contribution in [0.25, 0.3) is 0 Å². The molecule has 1 aromatic carbocycles. The van der Waals surface area contributed by atoms with Crippen LogP contribution in [0.5, 0.6) is 0 Å². The number of hydrogen-bond donors (Lipinski definition) is 3. The molecule has 0 aromatic heterocycles. The first-order valence-electron chi connectivity index (χ1n) is 6.94. The number of hydrogen-bond acceptors (Lipinski definition) is 3. The Balaban J connectivity index is 0.00000220. The molecule has 1 aromatic rings. The Morgan fingerprint density at radius 3 is 2.24 bits per heavy atom. The van der Waals surface area contributed by atoms with Gasteiger partial charge in [0.2, 0.25) is 11.8 Å². The number of nitrogens with one attached hydrogen (secondary N) is 2. The quantitative estimate of drug-likeness (QED) is 0.777. The van der Waals surface area contributed by atoms with Gasteiger partial charge in [-0.15, -0.1) is 12.4 Å². The predicted molar refractivity (Wildman–Crippen MR) is 85.3 cm³/mol. The van der Waals surface area contributed by atoms with E-state index in [0.29, 0.717) is 0 Å². The Kier molecular flexibility index (Phi) is 6.18. The van der Waals surface area contributed by atoms with E-state index >= 15 is 0 Å². The number of nitrogens with two attached hydrogens (primary N) is 1. The van der Waals surface area contributed by atoms with E-state index < -0.39 is 6.04 Å². The van der Waals surface area contributed by atoms with Crippen molar-refractivity contribution >= 4 is 29.9 Å². The first-order chi connectivity index (χ1) is 9.47. The third-order valence-corrected chi connectivity index (χ3v) is 3.40. The van der Waals surface area contributed by atoms with Gasteiger partial charge in [-0.1, -0.05) is 12.1 Å². The van der Waals surface area contributed by atoms with Gasteiger partial charge in [0.1, 0.15) is 0 Å². The van der Waals surface area contributed by atoms with E-state index in [0.717, 1.165) is 24.1 Å². The zero-order valence-corrected chi connectivity index (χ0v) is 13.1. The minimum absolute atomic E-state index is 0. The molecule has 0 heterocycles. The van der Waals surface area contributed by atoms with E-state index in [1.54, 1.807) is 6.92 Å². The van der Waals surface area contributed by atoms with Crippen LogP contribution in [0, 0.1) is 5.92 Å². The van der Waals surface area contributed by atoms with E-state index in [4.69, 9.17) is 5.73 Å². The van der Waals surface area contributed by atoms with Crippen molar-refractivity contribution < 1.29 is 9.59 Å². The second-order valence-corrected chi connectivity index (χ2v) is 5.40. The van der Waals surface area contributed by atoms with Crippen molar-refractivity contribution in [2.45, 2.75) is 38.8 Å². The molecule has 5 nitrogen and oxygen atoms in total. The van der Waals surface area contributed by atoms with Gasteiger partial charge in [-0.05, 0) is 44.4 Å². The number of anilines is 1. The van der Waals surface area contributed by atoms with Gasteiger partial charge in [-0.2, -0.15) is 0 Å². The van der Waals surface area contributed by atoms with Crippen molar-refractivity contribution in [2.75, 3.05) is 5.32 Å². The molecule has 1 saturated carbocycles. The highest BCUT2D eigenvalue weighted by atomic mass is 35.5. The Labute approximate surface area is 131 Å². The summed E-state index contributed by atoms with van der Waals surface area (Å²) >= 11 is 0. The maximum absolute atomic E-state index is 11.6. The summed E-state index contributed by atoms with van der Waals surface area (Å²) in [5.74, 6) is 0.110. The van der Waals surface area contributed by atoms with Crippen LogP contribution < -0.4 is 16.4 Å². The minimum Gasteiger partial charge on any atom is -0.348 e. The fourth-order valence-corrected chi connectivity index (χ4v) is 1.87. The summed E-state index contributed by atoms with van der Waals surface area (Å²) in [6, 6.07) is 6.87. The second kappa shape index (κ2) is 7.43. The molecule has 1 fully saturated rings. The van der Waals surface area contributed by atoms with Crippen LogP contribution in [0.2, 0.25) is 0 Å². The number of benzene rings is 1. The normalized spacial score (nSPS) is 16.3. The minimum atomic E-state index is -0.519. The summed E-state index contributed by atoms with van der Waals surface area (Å²) in [5.41, 5.74) is 7.28. The second-order valence-electron chi connectivity index (χ2n) is 5.40. The van der Waals surface area contributed by atoms with E-state index in [2.05, 4.69) is 10.6 Å². The highest BCUT2D eigenvalue weighted by Gasteiger charge is 2.29. The molecule has 0 aliphatic heterocycles. The SMILES string of the molecule is CC(NC(=O)[C@@H](C)N)c1ccc(NC(=O)C2CC2)cc1.Cl. The van der Waals surface area contributed by atoms with Crippen molar-refractivity contribution in [3.63, 3.8) is 0 Å². The molecule has 21 heavy (non-hydrogen) atoms. The van der Waals surface area contributed by atoms with Crippen molar-refractivity contribution in [3.05, 3.63) is 29.8 Å². The average Bonchev–Trinajstić information content (AvgIpc) is 3.23. The van der Waals surface area contributed by atoms with Crippen molar-refractivity contribution in [2.24, 2.45) is 11.7 Å². The van der Waals surface area contributed by atoms with Crippen LogP contribution in [0.15, 0.2) is 24.3 Å². The maximum atomic E-state index is 11.6. The Morgan fingerprint density at radius 1 is 1.19 bits per heavy atom. The molecule has 116 valence electrons. The average molecular weight is 312 g/mol. The fraction of sp³-hybridized carbons (Fsp3) is 0.467. The van der Waals surface area contributed by atoms with Crippen LogP contribution in [0.4, 0.5) is 5.69 Å². The molecule has 6 heteroatoms. The molecule has 0 saturated heterocycles. The zero-order valence-electron chi connectivity index (χ0n) is 12.3. The van der Waals surface area contributed by atoms with Gasteiger partial charge in [-0.25, -0.2) is 0 Å². The van der Waals surface area contributed by atoms with E-state index in [9.17, 15) is 9.59 Å². The first kappa shape index (κ1) is 17.5. The molecule has 1 aliphatic rings. The molecular weight excluding hydrogens is 290 g/mol. The van der Waals surface area contributed by atoms with Gasteiger partial charge in [0.25, 0.3) is 0 Å². The molecule has 0 radical (unpaired) electrons. The smallest absolute Gasteiger partial charge is 0.237 e. The van der Waals surface area contributed by atoms with Gasteiger partial charge in [0.05, 0.1) is 12.1 Å². The van der Waals surface area contributed by atoms with Gasteiger partial charge in [-0.3, -0.25) is 9.59 Å². The molecule has 0 bridgehead atoms. The molecular formula is C15H22ClN3O2. The Bertz CT molecular complexity index is 498. The molecule has 2 atom stereocenters. The largest absolute Gasteiger partial charge is 0.348 e. The maximum Gasteiger partial charge on any atom is 0.237 e. The number of rotatable bonds is 5. The lowest BCUT2D eigenvalue weighted by Crippen LogP contribution is -2.39. The monoisotopic (exact) mass is 311 g/mol. The molecule has 1 unspecified atom stereocenters. The Morgan fingerprint density at radius 2 is 1.76 bits per heavy atom. The third kappa shape index (κ3) is 5.02. The van der Waals surface area contributed by atoms with Crippen LogP contribution in [-0.2, 0) is 9.59 Å². The number of carbonyl (C=O) groups excluding carboxylic acids is 2. The molecule has 0 spiro atoms. The van der Waals surface area contributed by atoms with Crippen LogP contribution in [0.1, 0.15) is 38.3 Å². The highest BCUT2D eigenvalue weighted by molar-refractivity contribution is 5.94. The summed E-state index contributed by atoms with van der Waals surface area (Å²) in [6.07, 6.45) is 1.98. The van der Waals surface area contributed by atoms with Gasteiger partial charge >= 0.3 is 0 Å². The fourth-order valence-electron chi connectivity index (χ4n) is 1.87. The summed E-state index contributed by atoms with van der Waals surface area (Å²) in [7, 11) is 0. The lowest BCUT2D eigenvalue weighted by atomic mass is 10.1. The molecule has 2 amide bonds. The zero-order chi connectivity index (χ0) is 14.7. The molecule has 4 N–H and O–H groups in total. The van der Waals surface area contributed by atoms with Crippen LogP contribution in [-0.4, -0.2) is 17.9 Å². The standard InChI is InChI=1S/C15H21N3O2.ClH/c1-9(16)14(19)17-10(2)11-5-7-13(8-6-11)18-15(20)12-3-4-12;/h5-10,12H,3-4,16H2,1-2H3,(H,17,19)(H,18,20);1H/t9-,10?;/m1./s1. The van der Waals surface area contributed by atoms with Crippen molar-refractivity contribution in [3.8, 4) is 0 Å². The highest BCUT2D eigenvalue weighted by Crippen LogP contribution is 2.30. The van der Waals surface area contributed by atoms with Crippen molar-refractivity contribution in [1.82, 2.24) is 5.32 Å². The van der Waals surface area contributed by atoms with Crippen LogP contribution >= 0.6 is 12.4 Å². The van der Waals surface area contributed by atoms with Crippen LogP contribution in [0.3, 0.4) is 0 Å². The van der Waals surface area contributed by atoms with E-state index in [-0.39, 0.29) is 36.2 Å². The van der Waals surface area contributed by atoms with E-state index in [1.807, 2.05) is 31.2 Å². The summed E-state index contributed by atoms with van der Waals surface area (Å²) in [4.78, 5) is 23.2. The lowest BCUT2D eigenvalue weighted by molar-refractivity contribution is -0.122.